The van der Waals surface area contributed by atoms with Crippen LogP contribution in [0.4, 0.5) is 5.69 Å². The van der Waals surface area contributed by atoms with Crippen LogP contribution in [0.3, 0.4) is 0 Å². The number of rotatable bonds is 4. The number of pyridine rings is 1. The number of aromatic nitrogens is 1. The minimum Gasteiger partial charge on any atom is -0.508 e. The molecule has 1 heterocycles. The van der Waals surface area contributed by atoms with E-state index in [1.165, 1.54) is 34.8 Å². The molecular formula is C14H15ClN2O3S. The highest BCUT2D eigenvalue weighted by Crippen LogP contribution is 2.29. The standard InChI is InChI=1S/C14H15ClN2O3S/c1-3-17(13-8-11(18)5-4-10(13)2)21(19,20)12-6-7-14(15)16-9-12/h4-9,18H,3H2,1-2H3. The summed E-state index contributed by atoms with van der Waals surface area (Å²) >= 11 is 5.69. The van der Waals surface area contributed by atoms with Crippen molar-refractivity contribution in [3.63, 3.8) is 0 Å². The Morgan fingerprint density at radius 3 is 2.57 bits per heavy atom. The number of benzene rings is 1. The van der Waals surface area contributed by atoms with E-state index in [1.54, 1.807) is 19.9 Å². The average molecular weight is 327 g/mol. The van der Waals surface area contributed by atoms with Gasteiger partial charge in [0, 0.05) is 18.8 Å². The van der Waals surface area contributed by atoms with Gasteiger partial charge in [-0.3, -0.25) is 4.31 Å². The van der Waals surface area contributed by atoms with Crippen molar-refractivity contribution in [1.82, 2.24) is 4.98 Å². The highest BCUT2D eigenvalue weighted by atomic mass is 35.5. The second-order valence-corrected chi connectivity index (χ2v) is 6.71. The molecule has 1 aromatic carbocycles. The molecule has 5 nitrogen and oxygen atoms in total. The SMILES string of the molecule is CCN(c1cc(O)ccc1C)S(=O)(=O)c1ccc(Cl)nc1. The number of phenols is 1. The fraction of sp³-hybridized carbons (Fsp3) is 0.214. The number of phenolic OH excluding ortho intramolecular Hbond substituents is 1. The normalized spacial score (nSPS) is 11.4. The van der Waals surface area contributed by atoms with Gasteiger partial charge in [0.05, 0.1) is 5.69 Å². The summed E-state index contributed by atoms with van der Waals surface area (Å²) in [5.74, 6) is 0.0125. The van der Waals surface area contributed by atoms with Gasteiger partial charge in [-0.05, 0) is 37.6 Å². The van der Waals surface area contributed by atoms with Gasteiger partial charge >= 0.3 is 0 Å². The molecule has 0 spiro atoms. The molecule has 0 fully saturated rings. The third-order valence-electron chi connectivity index (χ3n) is 3.04. The maximum Gasteiger partial charge on any atom is 0.265 e. The quantitative estimate of drug-likeness (QED) is 0.877. The van der Waals surface area contributed by atoms with Crippen molar-refractivity contribution in [3.05, 3.63) is 47.2 Å². The zero-order valence-corrected chi connectivity index (χ0v) is 13.2. The van der Waals surface area contributed by atoms with Crippen molar-refractivity contribution in [2.75, 3.05) is 10.8 Å². The Morgan fingerprint density at radius 1 is 1.29 bits per heavy atom. The Bertz CT molecular complexity index is 745. The summed E-state index contributed by atoms with van der Waals surface area (Å²) in [6, 6.07) is 7.45. The van der Waals surface area contributed by atoms with Gasteiger partial charge in [-0.25, -0.2) is 13.4 Å². The zero-order valence-electron chi connectivity index (χ0n) is 11.6. The monoisotopic (exact) mass is 326 g/mol. The first-order chi connectivity index (χ1) is 9.86. The maximum absolute atomic E-state index is 12.7. The third kappa shape index (κ3) is 3.11. The highest BCUT2D eigenvalue weighted by Gasteiger charge is 2.25. The van der Waals surface area contributed by atoms with Crippen molar-refractivity contribution in [3.8, 4) is 5.75 Å². The number of halogens is 1. The molecule has 0 aliphatic heterocycles. The molecule has 0 saturated heterocycles. The molecule has 1 N–H and O–H groups in total. The molecule has 1 aromatic heterocycles. The van der Waals surface area contributed by atoms with E-state index in [2.05, 4.69) is 4.98 Å². The topological polar surface area (TPSA) is 70.5 Å². The summed E-state index contributed by atoms with van der Waals surface area (Å²) < 4.78 is 26.6. The van der Waals surface area contributed by atoms with Crippen LogP contribution in [0.25, 0.3) is 0 Å². The van der Waals surface area contributed by atoms with Crippen molar-refractivity contribution < 1.29 is 13.5 Å². The van der Waals surface area contributed by atoms with E-state index in [1.807, 2.05) is 0 Å². The van der Waals surface area contributed by atoms with Crippen LogP contribution in [0.1, 0.15) is 12.5 Å². The first-order valence-electron chi connectivity index (χ1n) is 6.30. The Labute approximate surface area is 128 Å². The highest BCUT2D eigenvalue weighted by molar-refractivity contribution is 7.92. The molecule has 0 unspecified atom stereocenters. The fourth-order valence-electron chi connectivity index (χ4n) is 1.98. The minimum atomic E-state index is -3.76. The first-order valence-corrected chi connectivity index (χ1v) is 8.12. The average Bonchev–Trinajstić information content (AvgIpc) is 2.43. The lowest BCUT2D eigenvalue weighted by Gasteiger charge is -2.24. The van der Waals surface area contributed by atoms with Gasteiger partial charge in [-0.2, -0.15) is 0 Å². The molecule has 0 amide bonds. The summed E-state index contributed by atoms with van der Waals surface area (Å²) in [6.07, 6.45) is 1.22. The molecular weight excluding hydrogens is 312 g/mol. The number of sulfonamides is 1. The van der Waals surface area contributed by atoms with E-state index in [-0.39, 0.29) is 22.3 Å². The Hall–Kier alpha value is -1.79. The van der Waals surface area contributed by atoms with Crippen LogP contribution in [-0.2, 0) is 10.0 Å². The molecule has 0 radical (unpaired) electrons. The van der Waals surface area contributed by atoms with Gasteiger partial charge in [0.1, 0.15) is 15.8 Å². The Morgan fingerprint density at radius 2 is 2.00 bits per heavy atom. The number of hydrogen-bond donors (Lipinski definition) is 1. The minimum absolute atomic E-state index is 0.0125. The number of hydrogen-bond acceptors (Lipinski definition) is 4. The van der Waals surface area contributed by atoms with Crippen molar-refractivity contribution in [2.45, 2.75) is 18.7 Å². The van der Waals surface area contributed by atoms with Gasteiger partial charge in [-0.1, -0.05) is 17.7 Å². The summed E-state index contributed by atoms with van der Waals surface area (Å²) in [7, 11) is -3.76. The number of aromatic hydroxyl groups is 1. The van der Waals surface area contributed by atoms with Crippen LogP contribution in [0.5, 0.6) is 5.75 Å². The maximum atomic E-state index is 12.7. The van der Waals surface area contributed by atoms with Gasteiger partial charge in [0.2, 0.25) is 0 Å². The lowest BCUT2D eigenvalue weighted by atomic mass is 10.2. The van der Waals surface area contributed by atoms with Crippen molar-refractivity contribution in [2.24, 2.45) is 0 Å². The summed E-state index contributed by atoms with van der Waals surface area (Å²) in [4.78, 5) is 3.86. The molecule has 0 aliphatic carbocycles. The molecule has 0 saturated carbocycles. The molecule has 7 heteroatoms. The number of anilines is 1. The number of nitrogens with zero attached hydrogens (tertiary/aromatic N) is 2. The van der Waals surface area contributed by atoms with Crippen LogP contribution in [-0.4, -0.2) is 25.1 Å². The van der Waals surface area contributed by atoms with E-state index >= 15 is 0 Å². The predicted molar refractivity (Wildman–Crippen MR) is 82.3 cm³/mol. The van der Waals surface area contributed by atoms with Crippen molar-refractivity contribution >= 4 is 27.3 Å². The third-order valence-corrected chi connectivity index (χ3v) is 5.13. The van der Waals surface area contributed by atoms with Crippen LogP contribution >= 0.6 is 11.6 Å². The van der Waals surface area contributed by atoms with E-state index in [0.717, 1.165) is 5.56 Å². The van der Waals surface area contributed by atoms with E-state index in [4.69, 9.17) is 11.6 Å². The van der Waals surface area contributed by atoms with Crippen LogP contribution < -0.4 is 4.31 Å². The lowest BCUT2D eigenvalue weighted by Crippen LogP contribution is -2.31. The van der Waals surface area contributed by atoms with E-state index in [0.29, 0.717) is 5.69 Å². The summed E-state index contributed by atoms with van der Waals surface area (Å²) in [5.41, 5.74) is 1.19. The second-order valence-electron chi connectivity index (χ2n) is 4.46. The van der Waals surface area contributed by atoms with Gasteiger partial charge in [-0.15, -0.1) is 0 Å². The zero-order chi connectivity index (χ0) is 15.6. The van der Waals surface area contributed by atoms with Crippen LogP contribution in [0, 0.1) is 6.92 Å². The summed E-state index contributed by atoms with van der Waals surface area (Å²) in [5, 5.41) is 9.83. The van der Waals surface area contributed by atoms with Crippen molar-refractivity contribution in [1.29, 1.82) is 0 Å². The van der Waals surface area contributed by atoms with Gasteiger partial charge in [0.15, 0.2) is 0 Å². The Kier molecular flexibility index (Phi) is 4.39. The molecule has 0 aliphatic rings. The van der Waals surface area contributed by atoms with E-state index < -0.39 is 10.0 Å². The summed E-state index contributed by atoms with van der Waals surface area (Å²) in [6.45, 7) is 3.74. The molecule has 112 valence electrons. The number of aryl methyl sites for hydroxylation is 1. The molecule has 0 atom stereocenters. The predicted octanol–water partition coefficient (Wildman–Crippen LogP) is 2.96. The lowest BCUT2D eigenvalue weighted by molar-refractivity contribution is 0.475. The van der Waals surface area contributed by atoms with Gasteiger partial charge in [0.25, 0.3) is 10.0 Å². The van der Waals surface area contributed by atoms with Crippen LogP contribution in [0.2, 0.25) is 5.15 Å². The largest absolute Gasteiger partial charge is 0.508 e. The Balaban J connectivity index is 2.54. The molecule has 2 rings (SSSR count). The smallest absolute Gasteiger partial charge is 0.265 e. The molecule has 21 heavy (non-hydrogen) atoms. The molecule has 0 bridgehead atoms. The first kappa shape index (κ1) is 15.6. The van der Waals surface area contributed by atoms with E-state index in [9.17, 15) is 13.5 Å². The molecule has 2 aromatic rings. The second kappa shape index (κ2) is 5.91. The van der Waals surface area contributed by atoms with Crippen LogP contribution in [0.15, 0.2) is 41.4 Å². The van der Waals surface area contributed by atoms with Gasteiger partial charge < -0.3 is 5.11 Å². The fourth-order valence-corrected chi connectivity index (χ4v) is 3.57.